The summed E-state index contributed by atoms with van der Waals surface area (Å²) in [5.74, 6) is -0.0249. The van der Waals surface area contributed by atoms with Gasteiger partial charge in [0.05, 0.1) is 18.9 Å². The smallest absolute Gasteiger partial charge is 0.242 e. The SMILES string of the molecule is COc1ccc(N(C(=O)CCl)[C@@H]2C=CS(=O)(=O)C2)cc1. The van der Waals surface area contributed by atoms with Crippen LogP contribution in [0.1, 0.15) is 0 Å². The molecule has 1 heterocycles. The highest BCUT2D eigenvalue weighted by Gasteiger charge is 2.30. The molecule has 5 nitrogen and oxygen atoms in total. The van der Waals surface area contributed by atoms with Crippen molar-refractivity contribution >= 4 is 33.0 Å². The van der Waals surface area contributed by atoms with E-state index in [0.717, 1.165) is 5.41 Å². The number of ether oxygens (including phenoxy) is 1. The molecule has 0 unspecified atom stereocenters. The molecule has 108 valence electrons. The zero-order valence-electron chi connectivity index (χ0n) is 10.8. The van der Waals surface area contributed by atoms with Gasteiger partial charge in [-0.3, -0.25) is 4.79 Å². The summed E-state index contributed by atoms with van der Waals surface area (Å²) in [5, 5.41) is 1.13. The van der Waals surface area contributed by atoms with Crippen LogP contribution in [-0.4, -0.2) is 39.1 Å². The van der Waals surface area contributed by atoms with Gasteiger partial charge in [0.2, 0.25) is 5.91 Å². The maximum atomic E-state index is 12.0. The summed E-state index contributed by atoms with van der Waals surface area (Å²) in [6.07, 6.45) is 1.50. The Morgan fingerprint density at radius 2 is 2.05 bits per heavy atom. The molecule has 7 heteroatoms. The minimum Gasteiger partial charge on any atom is -0.497 e. The first kappa shape index (κ1) is 14.9. The molecule has 20 heavy (non-hydrogen) atoms. The number of benzene rings is 1. The van der Waals surface area contributed by atoms with Gasteiger partial charge in [0, 0.05) is 11.1 Å². The Kier molecular flexibility index (Phi) is 4.35. The number of hydrogen-bond acceptors (Lipinski definition) is 4. The van der Waals surface area contributed by atoms with Crippen LogP contribution in [0.5, 0.6) is 5.75 Å². The molecule has 0 aromatic heterocycles. The molecule has 0 radical (unpaired) electrons. The van der Waals surface area contributed by atoms with E-state index >= 15 is 0 Å². The Balaban J connectivity index is 2.33. The van der Waals surface area contributed by atoms with Crippen molar-refractivity contribution in [3.8, 4) is 5.75 Å². The van der Waals surface area contributed by atoms with Gasteiger partial charge in [0.25, 0.3) is 0 Å². The fourth-order valence-corrected chi connectivity index (χ4v) is 3.44. The largest absolute Gasteiger partial charge is 0.497 e. The Labute approximate surface area is 122 Å². The van der Waals surface area contributed by atoms with E-state index in [4.69, 9.17) is 16.3 Å². The van der Waals surface area contributed by atoms with Crippen LogP contribution in [0.25, 0.3) is 0 Å². The average Bonchev–Trinajstić information content (AvgIpc) is 2.79. The molecule has 1 amide bonds. The highest BCUT2D eigenvalue weighted by Crippen LogP contribution is 2.25. The quantitative estimate of drug-likeness (QED) is 0.791. The van der Waals surface area contributed by atoms with Crippen molar-refractivity contribution < 1.29 is 17.9 Å². The van der Waals surface area contributed by atoms with Gasteiger partial charge in [-0.05, 0) is 30.3 Å². The molecule has 1 aromatic carbocycles. The van der Waals surface area contributed by atoms with E-state index in [1.165, 1.54) is 11.0 Å². The number of carbonyl (C=O) groups excluding carboxylic acids is 1. The Bertz CT molecular complexity index is 624. The van der Waals surface area contributed by atoms with Crippen LogP contribution in [0.15, 0.2) is 35.7 Å². The lowest BCUT2D eigenvalue weighted by molar-refractivity contribution is -0.116. The Hall–Kier alpha value is -1.53. The number of amides is 1. The number of alkyl halides is 1. The van der Waals surface area contributed by atoms with Crippen LogP contribution >= 0.6 is 11.6 Å². The van der Waals surface area contributed by atoms with E-state index in [9.17, 15) is 13.2 Å². The van der Waals surface area contributed by atoms with Gasteiger partial charge >= 0.3 is 0 Å². The monoisotopic (exact) mass is 315 g/mol. The second-order valence-electron chi connectivity index (χ2n) is 4.32. The number of sulfone groups is 1. The van der Waals surface area contributed by atoms with Crippen LogP contribution < -0.4 is 9.64 Å². The molecule has 0 aliphatic carbocycles. The van der Waals surface area contributed by atoms with Gasteiger partial charge in [0.1, 0.15) is 11.6 Å². The topological polar surface area (TPSA) is 63.7 Å². The lowest BCUT2D eigenvalue weighted by Crippen LogP contribution is -2.41. The first-order chi connectivity index (χ1) is 9.46. The molecule has 0 bridgehead atoms. The maximum absolute atomic E-state index is 12.0. The fraction of sp³-hybridized carbons (Fsp3) is 0.308. The molecule has 1 aromatic rings. The summed E-state index contributed by atoms with van der Waals surface area (Å²) in [5.41, 5.74) is 0.586. The summed E-state index contributed by atoms with van der Waals surface area (Å²) < 4.78 is 28.1. The van der Waals surface area contributed by atoms with Crippen molar-refractivity contribution in [2.24, 2.45) is 0 Å². The van der Waals surface area contributed by atoms with Crippen molar-refractivity contribution in [1.82, 2.24) is 0 Å². The molecule has 0 saturated heterocycles. The van der Waals surface area contributed by atoms with E-state index in [0.29, 0.717) is 11.4 Å². The maximum Gasteiger partial charge on any atom is 0.242 e. The van der Waals surface area contributed by atoms with Crippen LogP contribution in [-0.2, 0) is 14.6 Å². The van der Waals surface area contributed by atoms with E-state index < -0.39 is 15.9 Å². The normalized spacial score (nSPS) is 19.8. The molecule has 2 rings (SSSR count). The predicted molar refractivity (Wildman–Crippen MR) is 77.9 cm³/mol. The van der Waals surface area contributed by atoms with Gasteiger partial charge in [-0.2, -0.15) is 0 Å². The fourth-order valence-electron chi connectivity index (χ4n) is 2.05. The highest BCUT2D eigenvalue weighted by atomic mass is 35.5. The third-order valence-corrected chi connectivity index (χ3v) is 4.58. The molecule has 1 aliphatic rings. The molecular weight excluding hydrogens is 302 g/mol. The van der Waals surface area contributed by atoms with Gasteiger partial charge < -0.3 is 9.64 Å². The number of hydrogen-bond donors (Lipinski definition) is 0. The van der Waals surface area contributed by atoms with Gasteiger partial charge in [-0.1, -0.05) is 0 Å². The van der Waals surface area contributed by atoms with Crippen molar-refractivity contribution in [1.29, 1.82) is 0 Å². The second kappa shape index (κ2) is 5.85. The molecule has 1 atom stereocenters. The van der Waals surface area contributed by atoms with Crippen molar-refractivity contribution in [2.45, 2.75) is 6.04 Å². The lowest BCUT2D eigenvalue weighted by atomic mass is 10.2. The second-order valence-corrected chi connectivity index (χ2v) is 6.52. The molecule has 0 spiro atoms. The first-order valence-corrected chi connectivity index (χ1v) is 8.15. The van der Waals surface area contributed by atoms with Crippen molar-refractivity contribution in [3.63, 3.8) is 0 Å². The molecule has 0 fully saturated rings. The summed E-state index contributed by atoms with van der Waals surface area (Å²) >= 11 is 5.62. The van der Waals surface area contributed by atoms with Crippen LogP contribution in [0.4, 0.5) is 5.69 Å². The molecule has 0 N–H and O–H groups in total. The molecular formula is C13H14ClNO4S. The van der Waals surface area contributed by atoms with Crippen molar-refractivity contribution in [2.75, 3.05) is 23.6 Å². The number of carbonyl (C=O) groups is 1. The van der Waals surface area contributed by atoms with Gasteiger partial charge in [-0.25, -0.2) is 8.42 Å². The highest BCUT2D eigenvalue weighted by molar-refractivity contribution is 7.94. The van der Waals surface area contributed by atoms with Crippen molar-refractivity contribution in [3.05, 3.63) is 35.7 Å². The van der Waals surface area contributed by atoms with E-state index in [1.807, 2.05) is 0 Å². The minimum atomic E-state index is -3.25. The van der Waals surface area contributed by atoms with Crippen LogP contribution in [0, 0.1) is 0 Å². The van der Waals surface area contributed by atoms with E-state index in [-0.39, 0.29) is 17.5 Å². The van der Waals surface area contributed by atoms with Crippen LogP contribution in [0.3, 0.4) is 0 Å². The molecule has 0 saturated carbocycles. The lowest BCUT2D eigenvalue weighted by Gasteiger charge is -2.27. The summed E-state index contributed by atoms with van der Waals surface area (Å²) in [6, 6.07) is 6.28. The first-order valence-electron chi connectivity index (χ1n) is 5.90. The van der Waals surface area contributed by atoms with E-state index in [2.05, 4.69) is 0 Å². The zero-order valence-corrected chi connectivity index (χ0v) is 12.4. The summed E-state index contributed by atoms with van der Waals surface area (Å²) in [6.45, 7) is 0. The number of rotatable bonds is 4. The summed E-state index contributed by atoms with van der Waals surface area (Å²) in [7, 11) is -1.70. The summed E-state index contributed by atoms with van der Waals surface area (Å²) in [4.78, 5) is 13.4. The standard InChI is InChI=1S/C13H14ClNO4S/c1-19-12-4-2-10(3-5-12)15(13(16)8-14)11-6-7-20(17,18)9-11/h2-7,11H,8-9H2,1H3/t11-/m1/s1. The minimum absolute atomic E-state index is 0.123. The number of halogens is 1. The third kappa shape index (κ3) is 3.13. The van der Waals surface area contributed by atoms with E-state index in [1.54, 1.807) is 31.4 Å². The van der Waals surface area contributed by atoms with Gasteiger partial charge in [-0.15, -0.1) is 11.6 Å². The van der Waals surface area contributed by atoms with Crippen LogP contribution in [0.2, 0.25) is 0 Å². The Morgan fingerprint density at radius 1 is 1.40 bits per heavy atom. The third-order valence-electron chi connectivity index (χ3n) is 2.98. The number of nitrogens with zero attached hydrogens (tertiary/aromatic N) is 1. The molecule has 1 aliphatic heterocycles. The Morgan fingerprint density at radius 3 is 2.50 bits per heavy atom. The zero-order chi connectivity index (χ0) is 14.8. The average molecular weight is 316 g/mol. The number of methoxy groups -OCH3 is 1. The number of anilines is 1. The van der Waals surface area contributed by atoms with Gasteiger partial charge in [0.15, 0.2) is 9.84 Å². The predicted octanol–water partition coefficient (Wildman–Crippen LogP) is 1.58.